The van der Waals surface area contributed by atoms with E-state index in [1.807, 2.05) is 0 Å². The minimum absolute atomic E-state index is 0.190. The van der Waals surface area contributed by atoms with E-state index in [-0.39, 0.29) is 5.54 Å². The SMILES string of the molecule is CCCCCC(COC)NC(C)(C)C. The Balaban J connectivity index is 3.77. The van der Waals surface area contributed by atoms with E-state index in [1.165, 1.54) is 25.7 Å². The van der Waals surface area contributed by atoms with Crippen LogP contribution in [0.5, 0.6) is 0 Å². The van der Waals surface area contributed by atoms with Crippen LogP contribution < -0.4 is 5.32 Å². The van der Waals surface area contributed by atoms with Crippen LogP contribution in [0.3, 0.4) is 0 Å². The quantitative estimate of drug-likeness (QED) is 0.639. The molecule has 0 radical (unpaired) electrons. The van der Waals surface area contributed by atoms with Gasteiger partial charge in [0.1, 0.15) is 0 Å². The maximum Gasteiger partial charge on any atom is 0.0616 e. The highest BCUT2D eigenvalue weighted by atomic mass is 16.5. The Hall–Kier alpha value is -0.0800. The van der Waals surface area contributed by atoms with Gasteiger partial charge in [0.25, 0.3) is 0 Å². The molecule has 2 nitrogen and oxygen atoms in total. The molecule has 1 unspecified atom stereocenters. The molecule has 1 N–H and O–H groups in total. The largest absolute Gasteiger partial charge is 0.383 e. The van der Waals surface area contributed by atoms with Gasteiger partial charge in [-0.15, -0.1) is 0 Å². The van der Waals surface area contributed by atoms with E-state index in [2.05, 4.69) is 33.0 Å². The molecule has 0 aromatic heterocycles. The Kier molecular flexibility index (Phi) is 7.20. The Labute approximate surface area is 89.4 Å². The lowest BCUT2D eigenvalue weighted by Crippen LogP contribution is -2.45. The molecule has 0 aliphatic carbocycles. The van der Waals surface area contributed by atoms with Crippen molar-refractivity contribution in [2.24, 2.45) is 0 Å². The third kappa shape index (κ3) is 8.52. The fourth-order valence-corrected chi connectivity index (χ4v) is 1.65. The van der Waals surface area contributed by atoms with Crippen LogP contribution >= 0.6 is 0 Å². The first-order valence-electron chi connectivity index (χ1n) is 5.76. The molecule has 86 valence electrons. The van der Waals surface area contributed by atoms with Gasteiger partial charge in [-0.05, 0) is 27.2 Å². The molecule has 14 heavy (non-hydrogen) atoms. The zero-order chi connectivity index (χ0) is 11.0. The molecule has 0 aromatic carbocycles. The van der Waals surface area contributed by atoms with Crippen molar-refractivity contribution in [1.82, 2.24) is 5.32 Å². The Morgan fingerprint density at radius 1 is 1.21 bits per heavy atom. The Morgan fingerprint density at radius 3 is 2.29 bits per heavy atom. The van der Waals surface area contributed by atoms with Gasteiger partial charge in [0.15, 0.2) is 0 Å². The number of nitrogens with one attached hydrogen (secondary N) is 1. The van der Waals surface area contributed by atoms with Gasteiger partial charge < -0.3 is 10.1 Å². The molecule has 0 aliphatic rings. The van der Waals surface area contributed by atoms with E-state index in [4.69, 9.17) is 4.74 Å². The maximum absolute atomic E-state index is 5.22. The van der Waals surface area contributed by atoms with Crippen LogP contribution in [0.1, 0.15) is 53.4 Å². The van der Waals surface area contributed by atoms with Crippen molar-refractivity contribution in [3.05, 3.63) is 0 Å². The molecule has 0 saturated heterocycles. The molecular formula is C12H27NO. The van der Waals surface area contributed by atoms with Crippen LogP contribution in [0.25, 0.3) is 0 Å². The van der Waals surface area contributed by atoms with E-state index in [9.17, 15) is 0 Å². The summed E-state index contributed by atoms with van der Waals surface area (Å²) in [7, 11) is 1.77. The minimum atomic E-state index is 0.190. The summed E-state index contributed by atoms with van der Waals surface area (Å²) in [4.78, 5) is 0. The molecule has 0 bridgehead atoms. The summed E-state index contributed by atoms with van der Waals surface area (Å²) in [6.45, 7) is 9.67. The first-order chi connectivity index (χ1) is 6.49. The van der Waals surface area contributed by atoms with E-state index >= 15 is 0 Å². The highest BCUT2D eigenvalue weighted by Gasteiger charge is 2.16. The Bertz CT molecular complexity index is 129. The average molecular weight is 201 g/mol. The van der Waals surface area contributed by atoms with Crippen LogP contribution in [-0.4, -0.2) is 25.3 Å². The van der Waals surface area contributed by atoms with Gasteiger partial charge >= 0.3 is 0 Å². The van der Waals surface area contributed by atoms with Crippen molar-refractivity contribution in [3.8, 4) is 0 Å². The van der Waals surface area contributed by atoms with Gasteiger partial charge in [-0.2, -0.15) is 0 Å². The topological polar surface area (TPSA) is 21.3 Å². The van der Waals surface area contributed by atoms with Crippen molar-refractivity contribution < 1.29 is 4.74 Å². The van der Waals surface area contributed by atoms with Crippen LogP contribution in [-0.2, 0) is 4.74 Å². The molecule has 0 amide bonds. The second-order valence-electron chi connectivity index (χ2n) is 5.04. The Morgan fingerprint density at radius 2 is 1.86 bits per heavy atom. The van der Waals surface area contributed by atoms with Gasteiger partial charge in [-0.3, -0.25) is 0 Å². The van der Waals surface area contributed by atoms with Crippen LogP contribution in [0.15, 0.2) is 0 Å². The minimum Gasteiger partial charge on any atom is -0.383 e. The van der Waals surface area contributed by atoms with Gasteiger partial charge in [0.2, 0.25) is 0 Å². The van der Waals surface area contributed by atoms with Gasteiger partial charge in [0.05, 0.1) is 6.61 Å². The summed E-state index contributed by atoms with van der Waals surface area (Å²) in [5.41, 5.74) is 0.190. The fraction of sp³-hybridized carbons (Fsp3) is 1.00. The predicted molar refractivity (Wildman–Crippen MR) is 62.7 cm³/mol. The van der Waals surface area contributed by atoms with Crippen molar-refractivity contribution >= 4 is 0 Å². The number of unbranched alkanes of at least 4 members (excludes halogenated alkanes) is 2. The average Bonchev–Trinajstić information content (AvgIpc) is 2.02. The summed E-state index contributed by atoms with van der Waals surface area (Å²) in [6.07, 6.45) is 5.13. The maximum atomic E-state index is 5.22. The fourth-order valence-electron chi connectivity index (χ4n) is 1.65. The standard InChI is InChI=1S/C12H27NO/c1-6-7-8-9-11(10-14-5)13-12(2,3)4/h11,13H,6-10H2,1-5H3. The summed E-state index contributed by atoms with van der Waals surface area (Å²) in [6, 6.07) is 0.506. The van der Waals surface area contributed by atoms with E-state index in [0.29, 0.717) is 6.04 Å². The lowest BCUT2D eigenvalue weighted by atomic mass is 10.0. The third-order valence-electron chi connectivity index (χ3n) is 2.16. The summed E-state index contributed by atoms with van der Waals surface area (Å²) in [5.74, 6) is 0. The van der Waals surface area contributed by atoms with Gasteiger partial charge in [-0.1, -0.05) is 26.2 Å². The van der Waals surface area contributed by atoms with Crippen molar-refractivity contribution in [2.75, 3.05) is 13.7 Å². The molecule has 0 aliphatic heterocycles. The van der Waals surface area contributed by atoms with Gasteiger partial charge in [-0.25, -0.2) is 0 Å². The molecule has 0 fully saturated rings. The molecule has 0 aromatic rings. The van der Waals surface area contributed by atoms with Crippen LogP contribution in [0, 0.1) is 0 Å². The zero-order valence-corrected chi connectivity index (χ0v) is 10.5. The molecular weight excluding hydrogens is 174 g/mol. The van der Waals surface area contributed by atoms with E-state index in [0.717, 1.165) is 6.61 Å². The number of rotatable bonds is 7. The smallest absolute Gasteiger partial charge is 0.0616 e. The highest BCUT2D eigenvalue weighted by molar-refractivity contribution is 4.77. The summed E-state index contributed by atoms with van der Waals surface area (Å²) in [5, 5.41) is 3.59. The lowest BCUT2D eigenvalue weighted by Gasteiger charge is -2.28. The van der Waals surface area contributed by atoms with Crippen molar-refractivity contribution in [3.63, 3.8) is 0 Å². The summed E-state index contributed by atoms with van der Waals surface area (Å²) >= 11 is 0. The molecule has 0 saturated carbocycles. The van der Waals surface area contributed by atoms with Crippen LogP contribution in [0.2, 0.25) is 0 Å². The lowest BCUT2D eigenvalue weighted by molar-refractivity contribution is 0.147. The first kappa shape index (κ1) is 13.9. The number of hydrogen-bond donors (Lipinski definition) is 1. The molecule has 2 heteroatoms. The number of hydrogen-bond acceptors (Lipinski definition) is 2. The van der Waals surface area contributed by atoms with E-state index in [1.54, 1.807) is 7.11 Å². The van der Waals surface area contributed by atoms with Crippen LogP contribution in [0.4, 0.5) is 0 Å². The van der Waals surface area contributed by atoms with Crippen molar-refractivity contribution in [1.29, 1.82) is 0 Å². The van der Waals surface area contributed by atoms with Gasteiger partial charge in [0, 0.05) is 18.7 Å². The predicted octanol–water partition coefficient (Wildman–Crippen LogP) is 2.97. The number of methoxy groups -OCH3 is 1. The third-order valence-corrected chi connectivity index (χ3v) is 2.16. The second-order valence-corrected chi connectivity index (χ2v) is 5.04. The second kappa shape index (κ2) is 7.24. The normalized spacial score (nSPS) is 14.4. The molecule has 0 rings (SSSR count). The molecule has 0 spiro atoms. The number of ether oxygens (including phenoxy) is 1. The molecule has 0 heterocycles. The summed E-state index contributed by atoms with van der Waals surface area (Å²) < 4.78 is 5.22. The monoisotopic (exact) mass is 201 g/mol. The highest BCUT2D eigenvalue weighted by Crippen LogP contribution is 2.08. The molecule has 1 atom stereocenters. The zero-order valence-electron chi connectivity index (χ0n) is 10.5. The van der Waals surface area contributed by atoms with Crippen molar-refractivity contribution in [2.45, 2.75) is 65.0 Å². The first-order valence-corrected chi connectivity index (χ1v) is 5.76. The van der Waals surface area contributed by atoms with E-state index < -0.39 is 0 Å².